The van der Waals surface area contributed by atoms with E-state index in [1.165, 1.54) is 16.8 Å². The van der Waals surface area contributed by atoms with Gasteiger partial charge in [0.1, 0.15) is 0 Å². The van der Waals surface area contributed by atoms with Gasteiger partial charge in [-0.3, -0.25) is 4.99 Å². The van der Waals surface area contributed by atoms with Crippen LogP contribution in [0.25, 0.3) is 0 Å². The lowest BCUT2D eigenvalue weighted by Gasteiger charge is -2.39. The molecule has 1 heterocycles. The fourth-order valence-electron chi connectivity index (χ4n) is 4.37. The summed E-state index contributed by atoms with van der Waals surface area (Å²) < 4.78 is 5.97. The summed E-state index contributed by atoms with van der Waals surface area (Å²) in [4.78, 5) is 6.87. The van der Waals surface area contributed by atoms with Crippen molar-refractivity contribution in [2.75, 3.05) is 32.1 Å². The highest BCUT2D eigenvalue weighted by Gasteiger charge is 2.33. The molecule has 3 heteroatoms. The van der Waals surface area contributed by atoms with Crippen molar-refractivity contribution in [1.82, 2.24) is 0 Å². The van der Waals surface area contributed by atoms with E-state index in [1.807, 2.05) is 6.21 Å². The van der Waals surface area contributed by atoms with Gasteiger partial charge in [0, 0.05) is 39.1 Å². The van der Waals surface area contributed by atoms with Crippen LogP contribution in [-0.2, 0) is 11.2 Å². The lowest BCUT2D eigenvalue weighted by Crippen LogP contribution is -2.37. The van der Waals surface area contributed by atoms with E-state index >= 15 is 0 Å². The van der Waals surface area contributed by atoms with Gasteiger partial charge in [-0.1, -0.05) is 42.5 Å². The minimum atomic E-state index is -0.00466. The summed E-state index contributed by atoms with van der Waals surface area (Å²) in [6.45, 7) is 6.22. The molecule has 0 bridgehead atoms. The van der Waals surface area contributed by atoms with E-state index < -0.39 is 0 Å². The maximum absolute atomic E-state index is 5.97. The second-order valence-corrected chi connectivity index (χ2v) is 9.12. The fraction of sp³-hybridized carbons (Fsp3) is 0.500. The number of hydrogen-bond donors (Lipinski definition) is 0. The minimum absolute atomic E-state index is 0.00466. The van der Waals surface area contributed by atoms with E-state index in [0.29, 0.717) is 11.8 Å². The Morgan fingerprint density at radius 1 is 1.10 bits per heavy atom. The van der Waals surface area contributed by atoms with Crippen molar-refractivity contribution < 1.29 is 4.74 Å². The van der Waals surface area contributed by atoms with Crippen LogP contribution in [0.3, 0.4) is 0 Å². The molecule has 0 aromatic heterocycles. The Hall–Kier alpha value is -2.13. The van der Waals surface area contributed by atoms with Crippen molar-refractivity contribution in [3.05, 3.63) is 65.7 Å². The maximum Gasteiger partial charge on any atom is 0.0629 e. The third-order valence-electron chi connectivity index (χ3n) is 6.02. The lowest BCUT2D eigenvalue weighted by molar-refractivity contribution is -0.0829. The highest BCUT2D eigenvalue weighted by atomic mass is 16.5. The van der Waals surface area contributed by atoms with Gasteiger partial charge in [-0.15, -0.1) is 0 Å². The predicted octanol–water partition coefficient (Wildman–Crippen LogP) is 5.63. The first-order chi connectivity index (χ1) is 13.9. The van der Waals surface area contributed by atoms with Crippen molar-refractivity contribution in [3.63, 3.8) is 0 Å². The van der Waals surface area contributed by atoms with E-state index in [4.69, 9.17) is 9.73 Å². The van der Waals surface area contributed by atoms with Gasteiger partial charge in [0.2, 0.25) is 0 Å². The number of aliphatic imine (C=N–C) groups is 1. The zero-order chi connectivity index (χ0) is 20.7. The molecule has 1 aliphatic heterocycles. The highest BCUT2D eigenvalue weighted by Crippen LogP contribution is 2.36. The van der Waals surface area contributed by atoms with Crippen molar-refractivity contribution in [1.29, 1.82) is 0 Å². The second-order valence-electron chi connectivity index (χ2n) is 9.12. The quantitative estimate of drug-likeness (QED) is 0.544. The molecule has 3 nitrogen and oxygen atoms in total. The molecular formula is C26H36N2O. The summed E-state index contributed by atoms with van der Waals surface area (Å²) in [7, 11) is 4.13. The first-order valence-corrected chi connectivity index (χ1v) is 10.9. The summed E-state index contributed by atoms with van der Waals surface area (Å²) in [5.74, 6) is 1.35. The van der Waals surface area contributed by atoms with Gasteiger partial charge in [-0.2, -0.15) is 0 Å². The number of anilines is 1. The Labute approximate surface area is 176 Å². The first kappa shape index (κ1) is 21.6. The smallest absolute Gasteiger partial charge is 0.0629 e. The van der Waals surface area contributed by atoms with Crippen molar-refractivity contribution in [3.8, 4) is 0 Å². The molecule has 2 aromatic carbocycles. The molecule has 156 valence electrons. The topological polar surface area (TPSA) is 24.8 Å². The zero-order valence-electron chi connectivity index (χ0n) is 18.5. The minimum Gasteiger partial charge on any atom is -0.378 e. The Kier molecular flexibility index (Phi) is 7.49. The molecule has 2 atom stereocenters. The van der Waals surface area contributed by atoms with Gasteiger partial charge in [-0.25, -0.2) is 0 Å². The SMILES string of the molecule is CN(C)c1ccc(C=NCC[C@H](Cc2ccccc2)[C@H]2CCOC(C)(C)C2)cc1. The zero-order valence-corrected chi connectivity index (χ0v) is 18.5. The third kappa shape index (κ3) is 6.71. The van der Waals surface area contributed by atoms with E-state index in [1.54, 1.807) is 0 Å². The average molecular weight is 393 g/mol. The lowest BCUT2D eigenvalue weighted by atomic mass is 9.76. The molecule has 3 rings (SSSR count). The Morgan fingerprint density at radius 2 is 1.83 bits per heavy atom. The molecule has 0 unspecified atom stereocenters. The molecule has 0 radical (unpaired) electrons. The highest BCUT2D eigenvalue weighted by molar-refractivity contribution is 5.80. The van der Waals surface area contributed by atoms with Crippen molar-refractivity contribution in [2.45, 2.75) is 45.1 Å². The Bertz CT molecular complexity index is 765. The molecule has 2 aromatic rings. The molecule has 0 aliphatic carbocycles. The van der Waals surface area contributed by atoms with Crippen LogP contribution in [0.1, 0.15) is 44.2 Å². The van der Waals surface area contributed by atoms with Gasteiger partial charge < -0.3 is 9.64 Å². The predicted molar refractivity (Wildman–Crippen MR) is 124 cm³/mol. The second kappa shape index (κ2) is 10.1. The molecule has 0 spiro atoms. The Morgan fingerprint density at radius 3 is 2.48 bits per heavy atom. The molecule has 29 heavy (non-hydrogen) atoms. The maximum atomic E-state index is 5.97. The van der Waals surface area contributed by atoms with Crippen molar-refractivity contribution in [2.24, 2.45) is 16.8 Å². The molecule has 0 N–H and O–H groups in total. The molecular weight excluding hydrogens is 356 g/mol. The molecule has 0 saturated carbocycles. The molecule has 0 amide bonds. The largest absolute Gasteiger partial charge is 0.378 e. The monoisotopic (exact) mass is 392 g/mol. The Balaban J connectivity index is 1.61. The van der Waals surface area contributed by atoms with Gasteiger partial charge >= 0.3 is 0 Å². The van der Waals surface area contributed by atoms with Crippen LogP contribution in [-0.4, -0.2) is 39.1 Å². The summed E-state index contributed by atoms with van der Waals surface area (Å²) in [6.07, 6.45) is 6.58. The molecule has 1 aliphatic rings. The van der Waals surface area contributed by atoms with Crippen LogP contribution >= 0.6 is 0 Å². The normalized spacial score (nSPS) is 19.9. The van der Waals surface area contributed by atoms with Gasteiger partial charge in [0.05, 0.1) is 5.60 Å². The van der Waals surface area contributed by atoms with E-state index in [9.17, 15) is 0 Å². The van der Waals surface area contributed by atoms with Crippen LogP contribution in [0.2, 0.25) is 0 Å². The van der Waals surface area contributed by atoms with Crippen molar-refractivity contribution >= 4 is 11.9 Å². The summed E-state index contributed by atoms with van der Waals surface area (Å²) in [5.41, 5.74) is 3.81. The van der Waals surface area contributed by atoms with E-state index in [0.717, 1.165) is 38.8 Å². The number of rotatable bonds is 8. The molecule has 1 fully saturated rings. The first-order valence-electron chi connectivity index (χ1n) is 10.9. The van der Waals surface area contributed by atoms with Gasteiger partial charge in [0.15, 0.2) is 0 Å². The van der Waals surface area contributed by atoms with Crippen LogP contribution in [0.5, 0.6) is 0 Å². The summed E-state index contributed by atoms with van der Waals surface area (Å²) in [5, 5.41) is 0. The van der Waals surface area contributed by atoms with Crippen LogP contribution in [0.4, 0.5) is 5.69 Å². The number of hydrogen-bond acceptors (Lipinski definition) is 3. The number of ether oxygens (including phenoxy) is 1. The third-order valence-corrected chi connectivity index (χ3v) is 6.02. The van der Waals surface area contributed by atoms with Crippen LogP contribution < -0.4 is 4.90 Å². The number of nitrogens with zero attached hydrogens (tertiary/aromatic N) is 2. The molecule has 1 saturated heterocycles. The summed E-state index contributed by atoms with van der Waals surface area (Å²) >= 11 is 0. The van der Waals surface area contributed by atoms with Crippen LogP contribution in [0.15, 0.2) is 59.6 Å². The van der Waals surface area contributed by atoms with Gasteiger partial charge in [-0.05, 0) is 74.6 Å². The van der Waals surface area contributed by atoms with E-state index in [-0.39, 0.29) is 5.60 Å². The average Bonchev–Trinajstić information content (AvgIpc) is 2.70. The number of benzene rings is 2. The van der Waals surface area contributed by atoms with Gasteiger partial charge in [0.25, 0.3) is 0 Å². The fourth-order valence-corrected chi connectivity index (χ4v) is 4.37. The summed E-state index contributed by atoms with van der Waals surface area (Å²) in [6, 6.07) is 19.5. The van der Waals surface area contributed by atoms with E-state index in [2.05, 4.69) is 87.4 Å². The van der Waals surface area contributed by atoms with Crippen LogP contribution in [0, 0.1) is 11.8 Å². The standard InChI is InChI=1S/C26H36N2O/c1-26(2)19-24(15-17-29-26)23(18-21-8-6-5-7-9-21)14-16-27-20-22-10-12-25(13-11-22)28(3)4/h5-13,20,23-24H,14-19H2,1-4H3/t23-,24+/m1/s1.